The Labute approximate surface area is 123 Å². The van der Waals surface area contributed by atoms with Gasteiger partial charge in [-0.05, 0) is 24.6 Å². The van der Waals surface area contributed by atoms with Gasteiger partial charge in [0.2, 0.25) is 0 Å². The van der Waals surface area contributed by atoms with Crippen molar-refractivity contribution in [1.82, 2.24) is 9.78 Å². The fourth-order valence-electron chi connectivity index (χ4n) is 2.40. The van der Waals surface area contributed by atoms with E-state index in [0.29, 0.717) is 30.2 Å². The fraction of sp³-hybridized carbons (Fsp3) is 0.375. The topological polar surface area (TPSA) is 53.4 Å². The number of aromatic nitrogens is 2. The highest BCUT2D eigenvalue weighted by Crippen LogP contribution is 2.34. The predicted octanol–water partition coefficient (Wildman–Crippen LogP) is 2.93. The van der Waals surface area contributed by atoms with Crippen molar-refractivity contribution in [1.29, 1.82) is 0 Å². The summed E-state index contributed by atoms with van der Waals surface area (Å²) in [5.41, 5.74) is 2.16. The lowest BCUT2D eigenvalue weighted by atomic mass is 10.1. The third-order valence-corrected chi connectivity index (χ3v) is 3.39. The Morgan fingerprint density at radius 2 is 2.10 bits per heavy atom. The second-order valence-electron chi connectivity index (χ2n) is 5.03. The van der Waals surface area contributed by atoms with Crippen LogP contribution in [0.3, 0.4) is 0 Å². The average molecular weight is 286 g/mol. The maximum atomic E-state index is 11.3. The van der Waals surface area contributed by atoms with Gasteiger partial charge in [-0.1, -0.05) is 6.92 Å². The van der Waals surface area contributed by atoms with Gasteiger partial charge in [-0.25, -0.2) is 0 Å². The molecule has 2 heterocycles. The first kappa shape index (κ1) is 13.7. The summed E-state index contributed by atoms with van der Waals surface area (Å²) in [5, 5.41) is 4.50. The van der Waals surface area contributed by atoms with Gasteiger partial charge in [-0.2, -0.15) is 5.10 Å². The Bertz CT molecular complexity index is 649. The van der Waals surface area contributed by atoms with Gasteiger partial charge >= 0.3 is 0 Å². The zero-order chi connectivity index (χ0) is 14.7. The van der Waals surface area contributed by atoms with Crippen LogP contribution in [0.5, 0.6) is 11.5 Å². The largest absolute Gasteiger partial charge is 0.490 e. The van der Waals surface area contributed by atoms with Crippen molar-refractivity contribution in [3.63, 3.8) is 0 Å². The highest BCUT2D eigenvalue weighted by atomic mass is 16.5. The molecule has 5 heteroatoms. The number of hydrogen-bond donors (Lipinski definition) is 0. The zero-order valence-electron chi connectivity index (χ0n) is 12.0. The number of ether oxygens (including phenoxy) is 2. The van der Waals surface area contributed by atoms with Crippen molar-refractivity contribution < 1.29 is 14.3 Å². The molecule has 110 valence electrons. The summed E-state index contributed by atoms with van der Waals surface area (Å²) in [5.74, 6) is 1.46. The highest BCUT2D eigenvalue weighted by Gasteiger charge is 2.15. The van der Waals surface area contributed by atoms with Crippen molar-refractivity contribution in [2.24, 2.45) is 0 Å². The number of fused-ring (bicyclic) bond motifs is 1. The molecule has 5 nitrogen and oxygen atoms in total. The molecule has 1 aromatic carbocycles. The van der Waals surface area contributed by atoms with E-state index in [2.05, 4.69) is 12.0 Å². The van der Waals surface area contributed by atoms with Crippen LogP contribution in [0.2, 0.25) is 0 Å². The average Bonchev–Trinajstić information content (AvgIpc) is 2.76. The quantitative estimate of drug-likeness (QED) is 0.811. The van der Waals surface area contributed by atoms with Crippen LogP contribution in [0, 0.1) is 0 Å². The molecule has 0 aliphatic carbocycles. The van der Waals surface area contributed by atoms with E-state index in [1.165, 1.54) is 0 Å². The summed E-state index contributed by atoms with van der Waals surface area (Å²) in [6.07, 6.45) is 4.47. The van der Waals surface area contributed by atoms with Crippen LogP contribution in [0.1, 0.15) is 30.1 Å². The Morgan fingerprint density at radius 3 is 2.86 bits per heavy atom. The van der Waals surface area contributed by atoms with E-state index < -0.39 is 0 Å². The van der Waals surface area contributed by atoms with Crippen LogP contribution in [-0.4, -0.2) is 29.3 Å². The molecule has 1 aliphatic heterocycles. The Hall–Kier alpha value is -2.30. The molecular formula is C16H18N2O3. The van der Waals surface area contributed by atoms with E-state index in [4.69, 9.17) is 9.47 Å². The van der Waals surface area contributed by atoms with E-state index >= 15 is 0 Å². The molecule has 0 saturated carbocycles. The van der Waals surface area contributed by atoms with Crippen molar-refractivity contribution in [2.75, 3.05) is 13.2 Å². The highest BCUT2D eigenvalue weighted by molar-refractivity contribution is 5.85. The van der Waals surface area contributed by atoms with Crippen molar-refractivity contribution in [2.45, 2.75) is 26.3 Å². The summed E-state index contributed by atoms with van der Waals surface area (Å²) >= 11 is 0. The van der Waals surface area contributed by atoms with Gasteiger partial charge in [0, 0.05) is 24.7 Å². The van der Waals surface area contributed by atoms with Crippen molar-refractivity contribution in [3.8, 4) is 22.8 Å². The third-order valence-electron chi connectivity index (χ3n) is 3.39. The van der Waals surface area contributed by atoms with Gasteiger partial charge in [0.05, 0.1) is 18.8 Å². The molecule has 2 aromatic rings. The van der Waals surface area contributed by atoms with Gasteiger partial charge in [0.25, 0.3) is 0 Å². The van der Waals surface area contributed by atoms with Crippen LogP contribution >= 0.6 is 0 Å². The van der Waals surface area contributed by atoms with Crippen LogP contribution in [0.25, 0.3) is 11.3 Å². The summed E-state index contributed by atoms with van der Waals surface area (Å²) in [6, 6.07) is 5.69. The molecule has 3 rings (SSSR count). The number of rotatable bonds is 4. The van der Waals surface area contributed by atoms with Gasteiger partial charge in [0.1, 0.15) is 5.69 Å². The van der Waals surface area contributed by atoms with Crippen molar-refractivity contribution in [3.05, 3.63) is 30.0 Å². The maximum Gasteiger partial charge on any atom is 0.161 e. The van der Waals surface area contributed by atoms with Gasteiger partial charge in [-0.15, -0.1) is 0 Å². The number of aryl methyl sites for hydroxylation is 1. The molecular weight excluding hydrogens is 268 g/mol. The van der Waals surface area contributed by atoms with Crippen LogP contribution in [-0.2, 0) is 6.54 Å². The summed E-state index contributed by atoms with van der Waals surface area (Å²) < 4.78 is 13.1. The summed E-state index contributed by atoms with van der Waals surface area (Å²) in [7, 11) is 0. The number of carbonyl (C=O) groups is 1. The fourth-order valence-corrected chi connectivity index (χ4v) is 2.40. The van der Waals surface area contributed by atoms with Crippen molar-refractivity contribution >= 4 is 6.29 Å². The summed E-state index contributed by atoms with van der Waals surface area (Å²) in [4.78, 5) is 11.3. The first-order chi connectivity index (χ1) is 10.3. The molecule has 0 N–H and O–H groups in total. The number of carbonyl (C=O) groups excluding carboxylic acids is 1. The molecule has 0 fully saturated rings. The first-order valence-electron chi connectivity index (χ1n) is 7.24. The lowest BCUT2D eigenvalue weighted by Crippen LogP contribution is -1.97. The molecule has 0 bridgehead atoms. The number of benzene rings is 1. The van der Waals surface area contributed by atoms with Gasteiger partial charge in [0.15, 0.2) is 17.8 Å². The van der Waals surface area contributed by atoms with Crippen LogP contribution < -0.4 is 9.47 Å². The Kier molecular flexibility index (Phi) is 3.90. The predicted molar refractivity (Wildman–Crippen MR) is 78.9 cm³/mol. The molecule has 0 spiro atoms. The lowest BCUT2D eigenvalue weighted by molar-refractivity contribution is 0.112. The van der Waals surface area contributed by atoms with E-state index in [9.17, 15) is 4.79 Å². The lowest BCUT2D eigenvalue weighted by Gasteiger charge is -2.08. The molecule has 21 heavy (non-hydrogen) atoms. The second kappa shape index (κ2) is 5.99. The molecule has 0 radical (unpaired) electrons. The molecule has 0 amide bonds. The summed E-state index contributed by atoms with van der Waals surface area (Å²) in [6.45, 7) is 4.18. The molecule has 0 atom stereocenters. The maximum absolute atomic E-state index is 11.3. The van der Waals surface area contributed by atoms with E-state index in [0.717, 1.165) is 37.0 Å². The first-order valence-corrected chi connectivity index (χ1v) is 7.24. The minimum Gasteiger partial charge on any atom is -0.490 e. The molecule has 0 saturated heterocycles. The minimum atomic E-state index is 0.595. The van der Waals surface area contributed by atoms with Gasteiger partial charge in [-0.3, -0.25) is 9.48 Å². The zero-order valence-corrected chi connectivity index (χ0v) is 12.0. The number of nitrogens with zero attached hydrogens (tertiary/aromatic N) is 2. The molecule has 0 unspecified atom stereocenters. The third kappa shape index (κ3) is 2.77. The minimum absolute atomic E-state index is 0.595. The SMILES string of the molecule is CCCn1cc(C=O)c(-c2ccc3c(c2)OCCCO3)n1. The molecule has 1 aliphatic rings. The van der Waals surface area contributed by atoms with E-state index in [-0.39, 0.29) is 0 Å². The van der Waals surface area contributed by atoms with Crippen LogP contribution in [0.4, 0.5) is 0 Å². The number of aldehydes is 1. The van der Waals surface area contributed by atoms with E-state index in [1.54, 1.807) is 6.20 Å². The standard InChI is InChI=1S/C16H18N2O3/c1-2-6-18-10-13(11-19)16(17-18)12-4-5-14-15(9-12)21-8-3-7-20-14/h4-5,9-11H,2-3,6-8H2,1H3. The normalized spacial score (nSPS) is 13.8. The molecule has 1 aromatic heterocycles. The Morgan fingerprint density at radius 1 is 1.29 bits per heavy atom. The smallest absolute Gasteiger partial charge is 0.161 e. The van der Waals surface area contributed by atoms with Gasteiger partial charge < -0.3 is 9.47 Å². The monoisotopic (exact) mass is 286 g/mol. The van der Waals surface area contributed by atoms with Crippen LogP contribution in [0.15, 0.2) is 24.4 Å². The number of hydrogen-bond acceptors (Lipinski definition) is 4. The second-order valence-corrected chi connectivity index (χ2v) is 5.03. The van der Waals surface area contributed by atoms with E-state index in [1.807, 2.05) is 22.9 Å². The Balaban J connectivity index is 2.00.